The summed E-state index contributed by atoms with van der Waals surface area (Å²) in [6.45, 7) is 5.27. The van der Waals surface area contributed by atoms with E-state index in [1.807, 2.05) is 11.9 Å². The molecule has 3 N–H and O–H groups in total. The molecular weight excluding hydrogens is 196 g/mol. The molecule has 1 rings (SSSR count). The summed E-state index contributed by atoms with van der Waals surface area (Å²) < 4.78 is 0. The first-order chi connectivity index (χ1) is 6.75. The van der Waals surface area contributed by atoms with E-state index in [1.165, 1.54) is 0 Å². The van der Waals surface area contributed by atoms with Crippen molar-refractivity contribution in [3.05, 3.63) is 0 Å². The second-order valence-electron chi connectivity index (χ2n) is 5.07. The topological polar surface area (TPSA) is 72.8 Å². The van der Waals surface area contributed by atoms with Gasteiger partial charge in [-0.25, -0.2) is 0 Å². The maximum Gasteiger partial charge on any atom is 0.305 e. The van der Waals surface area contributed by atoms with E-state index in [0.29, 0.717) is 19.6 Å². The fourth-order valence-electron chi connectivity index (χ4n) is 1.97. The van der Waals surface area contributed by atoms with Crippen LogP contribution in [0.5, 0.6) is 0 Å². The van der Waals surface area contributed by atoms with Crippen LogP contribution in [0.25, 0.3) is 0 Å². The third kappa shape index (κ3) is 3.15. The first kappa shape index (κ1) is 12.4. The second kappa shape index (κ2) is 4.08. The molecule has 1 aliphatic heterocycles. The predicted molar refractivity (Wildman–Crippen MR) is 56.8 cm³/mol. The first-order valence-corrected chi connectivity index (χ1v) is 5.11. The highest BCUT2D eigenvalue weighted by Crippen LogP contribution is 2.25. The highest BCUT2D eigenvalue weighted by Gasteiger charge is 2.43. The van der Waals surface area contributed by atoms with Crippen molar-refractivity contribution < 1.29 is 15.0 Å². The van der Waals surface area contributed by atoms with E-state index in [-0.39, 0.29) is 12.0 Å². The van der Waals surface area contributed by atoms with Gasteiger partial charge in [-0.2, -0.15) is 0 Å². The molecule has 0 saturated carbocycles. The highest BCUT2D eigenvalue weighted by molar-refractivity contribution is 5.68. The van der Waals surface area contributed by atoms with Gasteiger partial charge in [0.2, 0.25) is 0 Å². The van der Waals surface area contributed by atoms with Crippen LogP contribution in [-0.4, -0.2) is 58.9 Å². The van der Waals surface area contributed by atoms with Crippen LogP contribution in [-0.2, 0) is 4.79 Å². The van der Waals surface area contributed by atoms with Crippen molar-refractivity contribution in [1.29, 1.82) is 0 Å². The van der Waals surface area contributed by atoms with Gasteiger partial charge >= 0.3 is 5.97 Å². The third-order valence-corrected chi connectivity index (χ3v) is 2.82. The van der Waals surface area contributed by atoms with E-state index >= 15 is 0 Å². The van der Waals surface area contributed by atoms with Gasteiger partial charge < -0.3 is 15.5 Å². The van der Waals surface area contributed by atoms with Gasteiger partial charge in [0.1, 0.15) is 0 Å². The molecule has 0 radical (unpaired) electrons. The molecule has 0 spiro atoms. The van der Waals surface area contributed by atoms with Crippen LogP contribution in [0.4, 0.5) is 0 Å². The van der Waals surface area contributed by atoms with E-state index in [0.717, 1.165) is 0 Å². The molecule has 0 aromatic carbocycles. The zero-order valence-corrected chi connectivity index (χ0v) is 9.58. The maximum atomic E-state index is 10.8. The molecule has 88 valence electrons. The molecule has 0 bridgehead atoms. The summed E-state index contributed by atoms with van der Waals surface area (Å²) >= 11 is 0. The molecule has 1 fully saturated rings. The number of hydrogen-bond acceptors (Lipinski definition) is 4. The van der Waals surface area contributed by atoms with Crippen molar-refractivity contribution >= 4 is 5.97 Å². The van der Waals surface area contributed by atoms with Gasteiger partial charge in [0, 0.05) is 19.6 Å². The van der Waals surface area contributed by atoms with Gasteiger partial charge in [-0.3, -0.25) is 9.69 Å². The third-order valence-electron chi connectivity index (χ3n) is 2.82. The minimum Gasteiger partial charge on any atom is -0.481 e. The molecule has 0 aliphatic carbocycles. The zero-order chi connectivity index (χ0) is 11.7. The lowest BCUT2D eigenvalue weighted by Crippen LogP contribution is -2.70. The number of carbonyl (C=O) groups is 1. The van der Waals surface area contributed by atoms with Crippen molar-refractivity contribution in [1.82, 2.24) is 10.2 Å². The predicted octanol–water partition coefficient (Wildman–Crippen LogP) is -0.494. The Labute approximate surface area is 90.1 Å². The number of rotatable bonds is 5. The van der Waals surface area contributed by atoms with Crippen LogP contribution in [0, 0.1) is 0 Å². The molecule has 0 unspecified atom stereocenters. The lowest BCUT2D eigenvalue weighted by molar-refractivity contribution is -0.142. The Balaban J connectivity index is 2.61. The Kier molecular flexibility index (Phi) is 3.38. The molecule has 15 heavy (non-hydrogen) atoms. The SMILES string of the molecule is CN(CC(C)(C)O)C1(CC(=O)O)CNC1. The highest BCUT2D eigenvalue weighted by atomic mass is 16.4. The van der Waals surface area contributed by atoms with Gasteiger partial charge in [0.05, 0.1) is 17.6 Å². The fraction of sp³-hybridized carbons (Fsp3) is 0.900. The molecule has 1 aliphatic rings. The normalized spacial score (nSPS) is 20.1. The zero-order valence-electron chi connectivity index (χ0n) is 9.58. The van der Waals surface area contributed by atoms with Gasteiger partial charge in [0.15, 0.2) is 0 Å². The van der Waals surface area contributed by atoms with Crippen molar-refractivity contribution in [2.24, 2.45) is 0 Å². The molecule has 0 atom stereocenters. The number of aliphatic hydroxyl groups is 1. The Hall–Kier alpha value is -0.650. The smallest absolute Gasteiger partial charge is 0.305 e. The number of carboxylic acid groups (broad SMARTS) is 1. The molecule has 5 nitrogen and oxygen atoms in total. The number of β-amino-alcohol motifs (C(OH)–C–C–N with tert-alkyl or cyclic N) is 1. The summed E-state index contributed by atoms with van der Waals surface area (Å²) in [5.74, 6) is -0.793. The molecular formula is C10H20N2O3. The monoisotopic (exact) mass is 216 g/mol. The molecule has 0 aromatic rings. The quantitative estimate of drug-likeness (QED) is 0.578. The van der Waals surface area contributed by atoms with Gasteiger partial charge in [-0.15, -0.1) is 0 Å². The van der Waals surface area contributed by atoms with Crippen LogP contribution in [0.3, 0.4) is 0 Å². The fourth-order valence-corrected chi connectivity index (χ4v) is 1.97. The maximum absolute atomic E-state index is 10.8. The van der Waals surface area contributed by atoms with E-state index in [1.54, 1.807) is 13.8 Å². The van der Waals surface area contributed by atoms with Gasteiger partial charge in [0.25, 0.3) is 0 Å². The van der Waals surface area contributed by atoms with E-state index in [4.69, 9.17) is 5.11 Å². The number of nitrogens with zero attached hydrogens (tertiary/aromatic N) is 1. The summed E-state index contributed by atoms with van der Waals surface area (Å²) in [5, 5.41) is 21.6. The number of aliphatic carboxylic acids is 1. The summed E-state index contributed by atoms with van der Waals surface area (Å²) in [6, 6.07) is 0. The van der Waals surface area contributed by atoms with Gasteiger partial charge in [-0.1, -0.05) is 0 Å². The van der Waals surface area contributed by atoms with Crippen LogP contribution < -0.4 is 5.32 Å². The Morgan fingerprint density at radius 1 is 1.53 bits per heavy atom. The van der Waals surface area contributed by atoms with Crippen LogP contribution in [0.1, 0.15) is 20.3 Å². The molecule has 1 heterocycles. The summed E-state index contributed by atoms with van der Waals surface area (Å²) in [4.78, 5) is 12.7. The molecule has 1 saturated heterocycles. The van der Waals surface area contributed by atoms with Crippen molar-refractivity contribution in [2.75, 3.05) is 26.7 Å². The van der Waals surface area contributed by atoms with Crippen molar-refractivity contribution in [3.8, 4) is 0 Å². The average molecular weight is 216 g/mol. The largest absolute Gasteiger partial charge is 0.481 e. The average Bonchev–Trinajstić information content (AvgIpc) is 1.92. The lowest BCUT2D eigenvalue weighted by Gasteiger charge is -2.49. The summed E-state index contributed by atoms with van der Waals surface area (Å²) in [5.41, 5.74) is -1.12. The van der Waals surface area contributed by atoms with Crippen LogP contribution in [0.2, 0.25) is 0 Å². The van der Waals surface area contributed by atoms with Crippen LogP contribution in [0.15, 0.2) is 0 Å². The van der Waals surface area contributed by atoms with Gasteiger partial charge in [-0.05, 0) is 20.9 Å². The summed E-state index contributed by atoms with van der Waals surface area (Å²) in [7, 11) is 1.86. The first-order valence-electron chi connectivity index (χ1n) is 5.11. The van der Waals surface area contributed by atoms with Crippen molar-refractivity contribution in [3.63, 3.8) is 0 Å². The number of hydrogen-bond donors (Lipinski definition) is 3. The number of carboxylic acids is 1. The van der Waals surface area contributed by atoms with E-state index in [9.17, 15) is 9.90 Å². The molecule has 0 amide bonds. The number of nitrogens with one attached hydrogen (secondary N) is 1. The Bertz CT molecular complexity index is 244. The molecule has 0 aromatic heterocycles. The van der Waals surface area contributed by atoms with E-state index in [2.05, 4.69) is 5.32 Å². The Morgan fingerprint density at radius 3 is 2.33 bits per heavy atom. The summed E-state index contributed by atoms with van der Waals surface area (Å²) in [6.07, 6.45) is 0.118. The Morgan fingerprint density at radius 2 is 2.07 bits per heavy atom. The molecule has 5 heteroatoms. The van der Waals surface area contributed by atoms with Crippen LogP contribution >= 0.6 is 0 Å². The lowest BCUT2D eigenvalue weighted by atomic mass is 9.86. The minimum atomic E-state index is -0.796. The van der Waals surface area contributed by atoms with Crippen molar-refractivity contribution in [2.45, 2.75) is 31.4 Å². The second-order valence-corrected chi connectivity index (χ2v) is 5.07. The van der Waals surface area contributed by atoms with E-state index < -0.39 is 11.6 Å². The standard InChI is InChI=1S/C10H20N2O3/c1-9(2,15)7-12(3)10(4-8(13)14)5-11-6-10/h11,15H,4-7H2,1-3H3,(H,13,14). The minimum absolute atomic E-state index is 0.118. The number of likely N-dealkylation sites (N-methyl/N-ethyl adjacent to an activating group) is 1.